The number of carbonyl (C=O) groups is 1. The molecule has 1 heterocycles. The van der Waals surface area contributed by atoms with Gasteiger partial charge in [0, 0.05) is 18.7 Å². The van der Waals surface area contributed by atoms with E-state index in [9.17, 15) is 4.79 Å². The van der Waals surface area contributed by atoms with E-state index in [0.717, 1.165) is 31.5 Å². The second-order valence-electron chi connectivity index (χ2n) is 5.42. The van der Waals surface area contributed by atoms with E-state index in [2.05, 4.69) is 35.8 Å². The Morgan fingerprint density at radius 1 is 1.32 bits per heavy atom. The van der Waals surface area contributed by atoms with E-state index in [1.807, 2.05) is 0 Å². The number of hydrogen-bond donors (Lipinski definition) is 1. The standard InChI is InChI=1S/C15H25N3O/c1-4-11(5-2)15(19)16-10-14-17-12-8-6-7-9-13(12)18(14)3/h11H,4-10H2,1-3H3,(H,16,19). The molecule has 2 rings (SSSR count). The maximum atomic E-state index is 12.0. The smallest absolute Gasteiger partial charge is 0.223 e. The number of fused-ring (bicyclic) bond motifs is 1. The number of hydrogen-bond acceptors (Lipinski definition) is 2. The van der Waals surface area contributed by atoms with Gasteiger partial charge in [-0.05, 0) is 38.5 Å². The molecular formula is C15H25N3O. The van der Waals surface area contributed by atoms with Crippen LogP contribution in [0.5, 0.6) is 0 Å². The van der Waals surface area contributed by atoms with Crippen molar-refractivity contribution in [3.05, 3.63) is 17.2 Å². The molecule has 0 unspecified atom stereocenters. The topological polar surface area (TPSA) is 46.9 Å². The van der Waals surface area contributed by atoms with E-state index in [4.69, 9.17) is 0 Å². The zero-order valence-electron chi connectivity index (χ0n) is 12.3. The molecule has 1 aromatic heterocycles. The van der Waals surface area contributed by atoms with Gasteiger partial charge in [-0.1, -0.05) is 13.8 Å². The molecule has 0 radical (unpaired) electrons. The largest absolute Gasteiger partial charge is 0.349 e. The Balaban J connectivity index is 2.00. The van der Waals surface area contributed by atoms with Crippen LogP contribution in [0.2, 0.25) is 0 Å². The number of aromatic nitrogens is 2. The molecule has 4 heteroatoms. The highest BCUT2D eigenvalue weighted by Gasteiger charge is 2.19. The number of amides is 1. The average molecular weight is 263 g/mol. The minimum atomic E-state index is 0.134. The first kappa shape index (κ1) is 14.1. The second kappa shape index (κ2) is 6.22. The molecule has 0 aromatic carbocycles. The third kappa shape index (κ3) is 2.99. The van der Waals surface area contributed by atoms with Crippen molar-refractivity contribution in [1.82, 2.24) is 14.9 Å². The molecule has 1 amide bonds. The number of imidazole rings is 1. The van der Waals surface area contributed by atoms with Crippen LogP contribution in [0.1, 0.15) is 56.7 Å². The second-order valence-corrected chi connectivity index (χ2v) is 5.42. The van der Waals surface area contributed by atoms with Gasteiger partial charge in [-0.2, -0.15) is 0 Å². The predicted molar refractivity (Wildman–Crippen MR) is 75.8 cm³/mol. The average Bonchev–Trinajstić information content (AvgIpc) is 2.75. The van der Waals surface area contributed by atoms with Crippen LogP contribution >= 0.6 is 0 Å². The van der Waals surface area contributed by atoms with Gasteiger partial charge in [0.1, 0.15) is 5.82 Å². The Hall–Kier alpha value is -1.32. The molecule has 106 valence electrons. The number of rotatable bonds is 5. The van der Waals surface area contributed by atoms with E-state index in [1.165, 1.54) is 24.2 Å². The summed E-state index contributed by atoms with van der Waals surface area (Å²) in [5.74, 6) is 1.28. The summed E-state index contributed by atoms with van der Waals surface area (Å²) in [6.45, 7) is 4.68. The van der Waals surface area contributed by atoms with Gasteiger partial charge in [0.25, 0.3) is 0 Å². The third-order valence-electron chi connectivity index (χ3n) is 4.24. The maximum Gasteiger partial charge on any atom is 0.223 e. The van der Waals surface area contributed by atoms with Crippen LogP contribution in [0, 0.1) is 5.92 Å². The summed E-state index contributed by atoms with van der Waals surface area (Å²) in [6.07, 6.45) is 6.51. The van der Waals surface area contributed by atoms with Gasteiger partial charge in [-0.15, -0.1) is 0 Å². The van der Waals surface area contributed by atoms with Gasteiger partial charge in [0.2, 0.25) is 5.91 Å². The predicted octanol–water partition coefficient (Wildman–Crippen LogP) is 2.35. The fourth-order valence-corrected chi connectivity index (χ4v) is 2.87. The molecule has 19 heavy (non-hydrogen) atoms. The normalized spacial score (nSPS) is 14.5. The van der Waals surface area contributed by atoms with Gasteiger partial charge in [-0.3, -0.25) is 4.79 Å². The summed E-state index contributed by atoms with van der Waals surface area (Å²) >= 11 is 0. The van der Waals surface area contributed by atoms with Crippen molar-refractivity contribution in [3.63, 3.8) is 0 Å². The molecular weight excluding hydrogens is 238 g/mol. The Kier molecular flexibility index (Phi) is 4.61. The van der Waals surface area contributed by atoms with Gasteiger partial charge in [0.15, 0.2) is 0 Å². The lowest BCUT2D eigenvalue weighted by molar-refractivity contribution is -0.125. The first-order valence-electron chi connectivity index (χ1n) is 7.48. The molecule has 1 aliphatic rings. The third-order valence-corrected chi connectivity index (χ3v) is 4.24. The SMILES string of the molecule is CCC(CC)C(=O)NCc1nc2c(n1C)CCCC2. The van der Waals surface area contributed by atoms with Gasteiger partial charge in [0.05, 0.1) is 12.2 Å². The number of carbonyl (C=O) groups excluding carboxylic acids is 1. The zero-order chi connectivity index (χ0) is 13.8. The highest BCUT2D eigenvalue weighted by molar-refractivity contribution is 5.78. The Labute approximate surface area is 115 Å². The lowest BCUT2D eigenvalue weighted by atomic mass is 10.0. The van der Waals surface area contributed by atoms with E-state index in [-0.39, 0.29) is 11.8 Å². The quantitative estimate of drug-likeness (QED) is 0.886. The van der Waals surface area contributed by atoms with Crippen LogP contribution in [0.25, 0.3) is 0 Å². The van der Waals surface area contributed by atoms with Crippen LogP contribution in [0.3, 0.4) is 0 Å². The molecule has 0 bridgehead atoms. The van der Waals surface area contributed by atoms with Crippen molar-refractivity contribution in [1.29, 1.82) is 0 Å². The van der Waals surface area contributed by atoms with Crippen LogP contribution in [-0.4, -0.2) is 15.5 Å². The van der Waals surface area contributed by atoms with Crippen molar-refractivity contribution in [2.45, 2.75) is 58.9 Å². The zero-order valence-corrected chi connectivity index (χ0v) is 12.3. The molecule has 1 N–H and O–H groups in total. The number of nitrogens with one attached hydrogen (secondary N) is 1. The number of aryl methyl sites for hydroxylation is 1. The van der Waals surface area contributed by atoms with Gasteiger partial charge < -0.3 is 9.88 Å². The van der Waals surface area contributed by atoms with E-state index in [1.54, 1.807) is 0 Å². The Morgan fingerprint density at radius 3 is 2.63 bits per heavy atom. The van der Waals surface area contributed by atoms with E-state index < -0.39 is 0 Å². The summed E-state index contributed by atoms with van der Waals surface area (Å²) in [6, 6.07) is 0. The summed E-state index contributed by atoms with van der Waals surface area (Å²) in [4.78, 5) is 16.7. The monoisotopic (exact) mass is 263 g/mol. The Morgan fingerprint density at radius 2 is 2.00 bits per heavy atom. The summed E-state index contributed by atoms with van der Waals surface area (Å²) in [5, 5.41) is 3.03. The summed E-state index contributed by atoms with van der Waals surface area (Å²) in [7, 11) is 2.07. The van der Waals surface area contributed by atoms with Crippen molar-refractivity contribution in [2.24, 2.45) is 13.0 Å². The molecule has 0 spiro atoms. The fourth-order valence-electron chi connectivity index (χ4n) is 2.87. The molecule has 0 aliphatic heterocycles. The van der Waals surface area contributed by atoms with Crippen molar-refractivity contribution in [2.75, 3.05) is 0 Å². The Bertz CT molecular complexity index is 446. The summed E-state index contributed by atoms with van der Waals surface area (Å²) < 4.78 is 2.17. The van der Waals surface area contributed by atoms with Crippen molar-refractivity contribution < 1.29 is 4.79 Å². The summed E-state index contributed by atoms with van der Waals surface area (Å²) in [5.41, 5.74) is 2.60. The van der Waals surface area contributed by atoms with E-state index in [0.29, 0.717) is 6.54 Å². The minimum Gasteiger partial charge on any atom is -0.349 e. The maximum absolute atomic E-state index is 12.0. The first-order valence-corrected chi connectivity index (χ1v) is 7.48. The lowest BCUT2D eigenvalue weighted by Crippen LogP contribution is -2.30. The van der Waals surface area contributed by atoms with Crippen molar-refractivity contribution in [3.8, 4) is 0 Å². The minimum absolute atomic E-state index is 0.134. The van der Waals surface area contributed by atoms with Crippen molar-refractivity contribution >= 4 is 5.91 Å². The van der Waals surface area contributed by atoms with Gasteiger partial charge in [-0.25, -0.2) is 4.98 Å². The van der Waals surface area contributed by atoms with Crippen LogP contribution in [0.15, 0.2) is 0 Å². The lowest BCUT2D eigenvalue weighted by Gasteiger charge is -2.13. The highest BCUT2D eigenvalue weighted by atomic mass is 16.1. The molecule has 0 atom stereocenters. The van der Waals surface area contributed by atoms with Gasteiger partial charge >= 0.3 is 0 Å². The highest BCUT2D eigenvalue weighted by Crippen LogP contribution is 2.21. The van der Waals surface area contributed by atoms with Crippen LogP contribution in [-0.2, 0) is 31.2 Å². The van der Waals surface area contributed by atoms with Crippen LogP contribution in [0.4, 0.5) is 0 Å². The first-order chi connectivity index (χ1) is 9.17. The molecule has 0 saturated heterocycles. The molecule has 1 aromatic rings. The fraction of sp³-hybridized carbons (Fsp3) is 0.733. The molecule has 4 nitrogen and oxygen atoms in total. The molecule has 0 fully saturated rings. The van der Waals surface area contributed by atoms with Crippen LogP contribution < -0.4 is 5.32 Å². The van der Waals surface area contributed by atoms with E-state index >= 15 is 0 Å². The number of nitrogens with zero attached hydrogens (tertiary/aromatic N) is 2. The molecule has 1 aliphatic carbocycles. The molecule has 0 saturated carbocycles.